The van der Waals surface area contributed by atoms with Gasteiger partial charge in [-0.3, -0.25) is 9.59 Å². The molecule has 1 aromatic heterocycles. The Bertz CT molecular complexity index is 1190. The van der Waals surface area contributed by atoms with Gasteiger partial charge in [-0.2, -0.15) is 13.2 Å². The molecular weight excluding hydrogens is 449 g/mol. The number of carbonyl (C=O) groups excluding carboxylic acids is 2. The van der Waals surface area contributed by atoms with E-state index < -0.39 is 17.6 Å². The number of thiophene rings is 1. The van der Waals surface area contributed by atoms with E-state index in [0.29, 0.717) is 20.5 Å². The first-order valence-corrected chi connectivity index (χ1v) is 10.5. The van der Waals surface area contributed by atoms with Crippen LogP contribution in [0.3, 0.4) is 0 Å². The second kappa shape index (κ2) is 8.01. The van der Waals surface area contributed by atoms with Gasteiger partial charge >= 0.3 is 6.18 Å². The Balaban J connectivity index is 1.68. The summed E-state index contributed by atoms with van der Waals surface area (Å²) in [5.41, 5.74) is 1.55. The molecule has 4 nitrogen and oxygen atoms in total. The molecule has 0 spiro atoms. The van der Waals surface area contributed by atoms with Crippen molar-refractivity contribution in [2.24, 2.45) is 0 Å². The highest BCUT2D eigenvalue weighted by molar-refractivity contribution is 7.18. The third kappa shape index (κ3) is 4.31. The van der Waals surface area contributed by atoms with E-state index in [0.717, 1.165) is 34.6 Å². The molecule has 9 heteroatoms. The fourth-order valence-corrected chi connectivity index (χ4v) is 5.07. The number of hydrogen-bond donors (Lipinski definition) is 2. The maximum atomic E-state index is 13.0. The van der Waals surface area contributed by atoms with Crippen molar-refractivity contribution in [3.63, 3.8) is 0 Å². The number of anilines is 2. The van der Waals surface area contributed by atoms with Crippen molar-refractivity contribution in [3.8, 4) is 0 Å². The van der Waals surface area contributed by atoms with E-state index in [-0.39, 0.29) is 23.9 Å². The summed E-state index contributed by atoms with van der Waals surface area (Å²) in [7, 11) is 0. The highest BCUT2D eigenvalue weighted by Gasteiger charge is 2.33. The minimum absolute atomic E-state index is 0.0426. The van der Waals surface area contributed by atoms with Gasteiger partial charge in [0.1, 0.15) is 0 Å². The number of carbonyl (C=O) groups is 2. The first-order chi connectivity index (χ1) is 14.6. The van der Waals surface area contributed by atoms with E-state index in [1.165, 1.54) is 12.1 Å². The molecule has 0 radical (unpaired) electrons. The number of rotatable bonds is 3. The molecule has 2 heterocycles. The normalized spacial score (nSPS) is 15.9. The molecule has 0 bridgehead atoms. The first kappa shape index (κ1) is 21.4. The second-order valence-electron chi connectivity index (χ2n) is 7.19. The van der Waals surface area contributed by atoms with Gasteiger partial charge in [0.05, 0.1) is 15.4 Å². The smallest absolute Gasteiger partial charge is 0.321 e. The van der Waals surface area contributed by atoms with Gasteiger partial charge in [-0.25, -0.2) is 0 Å². The maximum Gasteiger partial charge on any atom is 0.416 e. The van der Waals surface area contributed by atoms with Crippen molar-refractivity contribution in [1.82, 2.24) is 0 Å². The van der Waals surface area contributed by atoms with Crippen LogP contribution >= 0.6 is 22.9 Å². The van der Waals surface area contributed by atoms with E-state index in [1.807, 2.05) is 6.07 Å². The highest BCUT2D eigenvalue weighted by Crippen LogP contribution is 2.45. The lowest BCUT2D eigenvalue weighted by atomic mass is 9.85. The van der Waals surface area contributed by atoms with Gasteiger partial charge in [0, 0.05) is 23.0 Å². The third-order valence-electron chi connectivity index (χ3n) is 5.09. The number of alkyl halides is 3. The summed E-state index contributed by atoms with van der Waals surface area (Å²) in [5, 5.41) is 6.44. The summed E-state index contributed by atoms with van der Waals surface area (Å²) in [6, 6.07) is 11.7. The molecule has 0 aliphatic carbocycles. The number of halogens is 4. The first-order valence-electron chi connectivity index (χ1n) is 9.30. The van der Waals surface area contributed by atoms with Crippen LogP contribution in [-0.4, -0.2) is 11.8 Å². The van der Waals surface area contributed by atoms with Gasteiger partial charge in [0.2, 0.25) is 5.91 Å². The Kier molecular flexibility index (Phi) is 5.53. The average molecular weight is 465 g/mol. The lowest BCUT2D eigenvalue weighted by Crippen LogP contribution is -2.22. The van der Waals surface area contributed by atoms with Crippen molar-refractivity contribution >= 4 is 45.4 Å². The number of benzene rings is 2. The molecule has 1 atom stereocenters. The Hall–Kier alpha value is -2.84. The van der Waals surface area contributed by atoms with Crippen LogP contribution in [-0.2, 0) is 11.0 Å². The van der Waals surface area contributed by atoms with E-state index in [9.17, 15) is 22.8 Å². The predicted octanol–water partition coefficient (Wildman–Crippen LogP) is 6.46. The Morgan fingerprint density at radius 1 is 1.19 bits per heavy atom. The molecule has 2 aromatic carbocycles. The Morgan fingerprint density at radius 2 is 1.94 bits per heavy atom. The van der Waals surface area contributed by atoms with Crippen molar-refractivity contribution < 1.29 is 22.8 Å². The SMILES string of the molecule is Cc1c(C(=O)Nc2cccc(C(F)(F)F)c2)sc2c1[C@H](c1cccc(Cl)c1)CC(=O)N2. The van der Waals surface area contributed by atoms with Gasteiger partial charge in [0.25, 0.3) is 5.91 Å². The second-order valence-corrected chi connectivity index (χ2v) is 8.65. The quantitative estimate of drug-likeness (QED) is 0.467. The summed E-state index contributed by atoms with van der Waals surface area (Å²) >= 11 is 7.22. The zero-order valence-electron chi connectivity index (χ0n) is 16.1. The average Bonchev–Trinajstić information content (AvgIpc) is 3.03. The summed E-state index contributed by atoms with van der Waals surface area (Å²) in [6.07, 6.45) is -4.30. The fraction of sp³-hybridized carbons (Fsp3) is 0.182. The van der Waals surface area contributed by atoms with Gasteiger partial charge in [-0.15, -0.1) is 11.3 Å². The van der Waals surface area contributed by atoms with Crippen LogP contribution in [0.15, 0.2) is 48.5 Å². The number of hydrogen-bond acceptors (Lipinski definition) is 3. The van der Waals surface area contributed by atoms with E-state index in [4.69, 9.17) is 11.6 Å². The minimum atomic E-state index is -4.51. The van der Waals surface area contributed by atoms with Crippen LogP contribution in [0.2, 0.25) is 5.02 Å². The Morgan fingerprint density at radius 3 is 2.65 bits per heavy atom. The van der Waals surface area contributed by atoms with Crippen LogP contribution in [0.25, 0.3) is 0 Å². The van der Waals surface area contributed by atoms with Crippen molar-refractivity contribution in [3.05, 3.63) is 80.7 Å². The van der Waals surface area contributed by atoms with E-state index >= 15 is 0 Å². The van der Waals surface area contributed by atoms with Crippen molar-refractivity contribution in [2.75, 3.05) is 10.6 Å². The number of fused-ring (bicyclic) bond motifs is 1. The van der Waals surface area contributed by atoms with E-state index in [2.05, 4.69) is 10.6 Å². The van der Waals surface area contributed by atoms with Gasteiger partial charge < -0.3 is 10.6 Å². The number of nitrogens with one attached hydrogen (secondary N) is 2. The molecule has 0 unspecified atom stereocenters. The van der Waals surface area contributed by atoms with Crippen molar-refractivity contribution in [2.45, 2.75) is 25.4 Å². The summed E-state index contributed by atoms with van der Waals surface area (Å²) in [4.78, 5) is 25.5. The minimum Gasteiger partial charge on any atom is -0.321 e. The molecule has 2 amide bonds. The summed E-state index contributed by atoms with van der Waals surface area (Å²) in [5.74, 6) is -0.979. The third-order valence-corrected chi connectivity index (χ3v) is 6.55. The van der Waals surface area contributed by atoms with Crippen LogP contribution in [0.4, 0.5) is 23.9 Å². The zero-order valence-corrected chi connectivity index (χ0v) is 17.7. The molecule has 31 heavy (non-hydrogen) atoms. The molecule has 3 aromatic rings. The largest absolute Gasteiger partial charge is 0.416 e. The molecule has 0 fully saturated rings. The molecule has 1 aliphatic rings. The van der Waals surface area contributed by atoms with Gasteiger partial charge in [-0.05, 0) is 53.9 Å². The van der Waals surface area contributed by atoms with Crippen LogP contribution in [0.1, 0.15) is 44.3 Å². The van der Waals surface area contributed by atoms with Gasteiger partial charge in [-0.1, -0.05) is 29.8 Å². The molecule has 2 N–H and O–H groups in total. The van der Waals surface area contributed by atoms with Crippen LogP contribution in [0.5, 0.6) is 0 Å². The lowest BCUT2D eigenvalue weighted by Gasteiger charge is -2.24. The van der Waals surface area contributed by atoms with Crippen LogP contribution in [0, 0.1) is 6.92 Å². The molecule has 1 aliphatic heterocycles. The molecule has 0 saturated carbocycles. The van der Waals surface area contributed by atoms with E-state index in [1.54, 1.807) is 25.1 Å². The molecule has 4 rings (SSSR count). The molecular formula is C22H16ClF3N2O2S. The zero-order chi connectivity index (χ0) is 22.3. The van der Waals surface area contributed by atoms with Crippen LogP contribution < -0.4 is 10.6 Å². The predicted molar refractivity (Wildman–Crippen MR) is 115 cm³/mol. The molecule has 0 saturated heterocycles. The Labute approximate surface area is 185 Å². The van der Waals surface area contributed by atoms with Crippen molar-refractivity contribution in [1.29, 1.82) is 0 Å². The standard InChI is InChI=1S/C22H16ClF3N2O2S/c1-11-18-16(12-4-2-6-14(23)8-12)10-17(29)28-21(18)31-19(11)20(30)27-15-7-3-5-13(9-15)22(24,25)26/h2-9,16H,10H2,1H3,(H,27,30)(H,28,29)/t16-/m0/s1. The van der Waals surface area contributed by atoms with Gasteiger partial charge in [0.15, 0.2) is 0 Å². The monoisotopic (exact) mass is 464 g/mol. The summed E-state index contributed by atoms with van der Waals surface area (Å²) in [6.45, 7) is 1.77. The topological polar surface area (TPSA) is 58.2 Å². The number of amides is 2. The fourth-order valence-electron chi connectivity index (χ4n) is 3.69. The maximum absolute atomic E-state index is 13.0. The summed E-state index contributed by atoms with van der Waals surface area (Å²) < 4.78 is 38.9. The molecule has 160 valence electrons. The highest BCUT2D eigenvalue weighted by atomic mass is 35.5. The lowest BCUT2D eigenvalue weighted by molar-refractivity contribution is -0.137.